The molecule has 8 aromatic heterocycles. The summed E-state index contributed by atoms with van der Waals surface area (Å²) in [4.78, 5) is 18.6. The van der Waals surface area contributed by atoms with Crippen molar-refractivity contribution in [2.75, 3.05) is 0 Å². The van der Waals surface area contributed by atoms with Crippen molar-refractivity contribution in [3.05, 3.63) is 157 Å². The van der Waals surface area contributed by atoms with E-state index in [0.717, 1.165) is 22.1 Å². The van der Waals surface area contributed by atoms with Gasteiger partial charge in [-0.2, -0.15) is 0 Å². The molecule has 51 heavy (non-hydrogen) atoms. The first-order chi connectivity index (χ1) is 25.4. The van der Waals surface area contributed by atoms with Gasteiger partial charge in [0.1, 0.15) is 0 Å². The van der Waals surface area contributed by atoms with Crippen LogP contribution < -0.4 is 0 Å². The zero-order chi connectivity index (χ0) is 32.7. The predicted molar refractivity (Wildman–Crippen MR) is 203 cm³/mol. The molecule has 0 atom stereocenters. The van der Waals surface area contributed by atoms with Gasteiger partial charge in [0, 0.05) is 67.9 Å². The summed E-state index contributed by atoms with van der Waals surface area (Å²) in [5.41, 5.74) is 16.8. The lowest BCUT2D eigenvalue weighted by atomic mass is 9.68. The fraction of sp³-hybridized carbons (Fsp3) is 0.0222. The summed E-state index contributed by atoms with van der Waals surface area (Å²) in [6.07, 6.45) is 15.8. The molecule has 1 spiro atoms. The van der Waals surface area contributed by atoms with Crippen LogP contribution >= 0.6 is 0 Å². The van der Waals surface area contributed by atoms with Crippen molar-refractivity contribution >= 4 is 76.2 Å². The Morgan fingerprint density at radius 2 is 0.784 bits per heavy atom. The number of hydrogen-bond acceptors (Lipinski definition) is 4. The van der Waals surface area contributed by atoms with E-state index in [1.54, 1.807) is 0 Å². The molecule has 2 aliphatic carbocycles. The molecular formula is C45H22N6. The molecule has 0 saturated heterocycles. The van der Waals surface area contributed by atoms with Gasteiger partial charge in [0.2, 0.25) is 0 Å². The highest BCUT2D eigenvalue weighted by molar-refractivity contribution is 6.31. The van der Waals surface area contributed by atoms with Crippen LogP contribution in [-0.4, -0.2) is 28.7 Å². The van der Waals surface area contributed by atoms with E-state index in [1.807, 2.05) is 49.6 Å². The van der Waals surface area contributed by atoms with E-state index in [-0.39, 0.29) is 0 Å². The molecule has 0 fully saturated rings. The molecule has 0 saturated carbocycles. The Morgan fingerprint density at radius 1 is 0.392 bits per heavy atom. The fourth-order valence-corrected chi connectivity index (χ4v) is 10.7. The Bertz CT molecular complexity index is 3310. The summed E-state index contributed by atoms with van der Waals surface area (Å²) < 4.78 is 4.81. The minimum absolute atomic E-state index is 0.584. The lowest BCUT2D eigenvalue weighted by molar-refractivity contribution is 0.810. The van der Waals surface area contributed by atoms with Crippen LogP contribution in [0.15, 0.2) is 135 Å². The number of pyridine rings is 4. The van der Waals surface area contributed by atoms with Crippen LogP contribution in [0.3, 0.4) is 0 Å². The minimum atomic E-state index is -0.584. The van der Waals surface area contributed by atoms with Gasteiger partial charge in [0.15, 0.2) is 0 Å². The van der Waals surface area contributed by atoms with E-state index in [2.05, 4.69) is 114 Å². The SMILES string of the molecule is c1ccc2c(c1)-c1ccccc1C21c2c(cc3c4ccncc4n4c5cnccc5c2c34)-c2cc3c4ccncc4n4c5cnccc5c(c21)c34. The van der Waals surface area contributed by atoms with Crippen LogP contribution in [0.4, 0.5) is 0 Å². The van der Waals surface area contributed by atoms with Crippen LogP contribution in [-0.2, 0) is 5.41 Å². The third-order valence-corrected chi connectivity index (χ3v) is 12.3. The topological polar surface area (TPSA) is 60.4 Å². The Kier molecular flexibility index (Phi) is 3.98. The van der Waals surface area contributed by atoms with Crippen molar-refractivity contribution in [3.63, 3.8) is 0 Å². The molecule has 0 aliphatic heterocycles. The highest BCUT2D eigenvalue weighted by atomic mass is 15.0. The number of benzene rings is 4. The molecular weight excluding hydrogens is 625 g/mol. The van der Waals surface area contributed by atoms with Gasteiger partial charge in [-0.05, 0) is 80.9 Å². The molecule has 12 aromatic rings. The second-order valence-electron chi connectivity index (χ2n) is 14.2. The first-order valence-electron chi connectivity index (χ1n) is 17.4. The zero-order valence-electron chi connectivity index (χ0n) is 26.9. The van der Waals surface area contributed by atoms with E-state index in [1.165, 1.54) is 98.6 Å². The van der Waals surface area contributed by atoms with E-state index in [0.29, 0.717) is 0 Å². The summed E-state index contributed by atoms with van der Waals surface area (Å²) in [6, 6.07) is 32.0. The summed E-state index contributed by atoms with van der Waals surface area (Å²) >= 11 is 0. The maximum Gasteiger partial charge on any atom is 0.0739 e. The van der Waals surface area contributed by atoms with Gasteiger partial charge < -0.3 is 8.80 Å². The molecule has 4 aromatic carbocycles. The molecule has 8 heterocycles. The number of nitrogens with zero attached hydrogens (tertiary/aromatic N) is 6. The van der Waals surface area contributed by atoms with Crippen molar-refractivity contribution < 1.29 is 0 Å². The molecule has 2 aliphatic rings. The first kappa shape index (κ1) is 25.1. The van der Waals surface area contributed by atoms with Crippen LogP contribution in [0, 0.1) is 0 Å². The van der Waals surface area contributed by atoms with Crippen LogP contribution in [0.25, 0.3) is 98.4 Å². The van der Waals surface area contributed by atoms with Crippen molar-refractivity contribution in [3.8, 4) is 22.3 Å². The minimum Gasteiger partial charge on any atom is -0.305 e. The largest absolute Gasteiger partial charge is 0.305 e. The average molecular weight is 647 g/mol. The molecule has 0 N–H and O–H groups in total. The molecule has 0 bridgehead atoms. The molecule has 232 valence electrons. The highest BCUT2D eigenvalue weighted by Crippen LogP contribution is 2.67. The van der Waals surface area contributed by atoms with Crippen LogP contribution in [0.1, 0.15) is 22.3 Å². The Labute approximate surface area is 288 Å². The number of hydrogen-bond donors (Lipinski definition) is 0. The van der Waals surface area contributed by atoms with Crippen molar-refractivity contribution in [1.29, 1.82) is 0 Å². The van der Waals surface area contributed by atoms with Gasteiger partial charge in [-0.15, -0.1) is 0 Å². The molecule has 14 rings (SSSR count). The predicted octanol–water partition coefficient (Wildman–Crippen LogP) is 9.91. The van der Waals surface area contributed by atoms with E-state index < -0.39 is 5.41 Å². The molecule has 6 heteroatoms. The van der Waals surface area contributed by atoms with E-state index in [9.17, 15) is 0 Å². The summed E-state index contributed by atoms with van der Waals surface area (Å²) in [6.45, 7) is 0. The lowest BCUT2D eigenvalue weighted by Gasteiger charge is -2.32. The summed E-state index contributed by atoms with van der Waals surface area (Å²) in [5, 5.41) is 9.92. The maximum absolute atomic E-state index is 4.67. The van der Waals surface area contributed by atoms with Gasteiger partial charge >= 0.3 is 0 Å². The molecule has 6 nitrogen and oxygen atoms in total. The summed E-state index contributed by atoms with van der Waals surface area (Å²) in [7, 11) is 0. The van der Waals surface area contributed by atoms with Crippen molar-refractivity contribution in [2.45, 2.75) is 5.41 Å². The fourth-order valence-electron chi connectivity index (χ4n) is 10.7. The third kappa shape index (κ3) is 2.48. The average Bonchev–Trinajstić information content (AvgIpc) is 4.01. The number of fused-ring (bicyclic) bond motifs is 24. The quantitative estimate of drug-likeness (QED) is 0.165. The maximum atomic E-state index is 4.67. The first-order valence-corrected chi connectivity index (χ1v) is 17.4. The van der Waals surface area contributed by atoms with Crippen LogP contribution in [0.2, 0.25) is 0 Å². The second-order valence-corrected chi connectivity index (χ2v) is 14.2. The normalized spacial score (nSPS) is 14.4. The monoisotopic (exact) mass is 646 g/mol. The Morgan fingerprint density at radius 3 is 1.24 bits per heavy atom. The molecule has 0 radical (unpaired) electrons. The van der Waals surface area contributed by atoms with Gasteiger partial charge in [-0.25, -0.2) is 0 Å². The van der Waals surface area contributed by atoms with Gasteiger partial charge in [-0.3, -0.25) is 19.9 Å². The Balaban J connectivity index is 1.35. The summed E-state index contributed by atoms with van der Waals surface area (Å²) in [5.74, 6) is 0. The van der Waals surface area contributed by atoms with Crippen LogP contribution in [0.5, 0.6) is 0 Å². The van der Waals surface area contributed by atoms with Gasteiger partial charge in [0.05, 0.1) is 63.3 Å². The second kappa shape index (κ2) is 8.09. The third-order valence-electron chi connectivity index (χ3n) is 12.3. The van der Waals surface area contributed by atoms with E-state index >= 15 is 0 Å². The zero-order valence-corrected chi connectivity index (χ0v) is 26.9. The standard InChI is InChI=1S/C45H22N6/c1-3-7-33-23(5-1)24-6-2-4-8-34(24)45(33)41-29(17-31-25-9-13-46-19-35(25)50-37-21-48-15-11-27(37)39(41)43(31)50)30-18-32-26-10-14-47-20-36(26)51-38-22-49-16-12-28(38)40(42(30)45)44(32)51/h1-22H. The lowest BCUT2D eigenvalue weighted by Crippen LogP contribution is -2.26. The molecule has 0 unspecified atom stereocenters. The van der Waals surface area contributed by atoms with Crippen molar-refractivity contribution in [2.24, 2.45) is 0 Å². The van der Waals surface area contributed by atoms with E-state index in [4.69, 9.17) is 0 Å². The number of rotatable bonds is 0. The van der Waals surface area contributed by atoms with Gasteiger partial charge in [0.25, 0.3) is 0 Å². The highest BCUT2D eigenvalue weighted by Gasteiger charge is 2.54. The Hall–Kier alpha value is -6.92. The molecule has 0 amide bonds. The van der Waals surface area contributed by atoms with Crippen molar-refractivity contribution in [1.82, 2.24) is 28.7 Å². The van der Waals surface area contributed by atoms with Gasteiger partial charge in [-0.1, -0.05) is 48.5 Å². The number of aromatic nitrogens is 6. The smallest absolute Gasteiger partial charge is 0.0739 e.